The van der Waals surface area contributed by atoms with Crippen molar-refractivity contribution in [2.75, 3.05) is 6.54 Å². The first kappa shape index (κ1) is 6.43. The zero-order valence-electron chi connectivity index (χ0n) is 5.69. The van der Waals surface area contributed by atoms with E-state index in [1.807, 2.05) is 11.8 Å². The first-order valence-corrected chi connectivity index (χ1v) is 3.89. The Kier molecular flexibility index (Phi) is 1.54. The minimum Gasteiger partial charge on any atom is -0.304 e. The van der Waals surface area contributed by atoms with Crippen molar-refractivity contribution >= 4 is 11.8 Å². The maximum atomic E-state index is 3.37. The van der Waals surface area contributed by atoms with E-state index in [1.165, 1.54) is 0 Å². The van der Waals surface area contributed by atoms with E-state index < -0.39 is 0 Å². The van der Waals surface area contributed by atoms with E-state index in [2.05, 4.69) is 26.1 Å². The lowest BCUT2D eigenvalue weighted by atomic mass is 10.2. The van der Waals surface area contributed by atoms with Crippen LogP contribution in [0.25, 0.3) is 0 Å². The van der Waals surface area contributed by atoms with Crippen LogP contribution >= 0.6 is 11.8 Å². The Bertz CT molecular complexity index is 90.5. The highest BCUT2D eigenvalue weighted by Gasteiger charge is 2.27. The summed E-state index contributed by atoms with van der Waals surface area (Å²) in [6.45, 7) is 7.90. The summed E-state index contributed by atoms with van der Waals surface area (Å²) in [4.78, 5) is 0. The van der Waals surface area contributed by atoms with Crippen LogP contribution in [0, 0.1) is 0 Å². The molecule has 0 amide bonds. The maximum absolute atomic E-state index is 3.37. The summed E-state index contributed by atoms with van der Waals surface area (Å²) in [6, 6.07) is 0. The Morgan fingerprint density at radius 3 is 2.38 bits per heavy atom. The molecule has 0 aromatic heterocycles. The Balaban J connectivity index is 2.44. The molecular formula is C6H13NS. The highest BCUT2D eigenvalue weighted by Crippen LogP contribution is 2.31. The van der Waals surface area contributed by atoms with Crippen LogP contribution in [-0.4, -0.2) is 16.7 Å². The summed E-state index contributed by atoms with van der Waals surface area (Å²) in [5.41, 5.74) is 0. The van der Waals surface area contributed by atoms with Gasteiger partial charge in [-0.3, -0.25) is 0 Å². The van der Waals surface area contributed by atoms with E-state index in [1.54, 1.807) is 0 Å². The van der Waals surface area contributed by atoms with Gasteiger partial charge < -0.3 is 5.32 Å². The van der Waals surface area contributed by atoms with Gasteiger partial charge in [0.05, 0.1) is 5.37 Å². The van der Waals surface area contributed by atoms with E-state index in [9.17, 15) is 0 Å². The molecular weight excluding hydrogens is 118 g/mol. The molecule has 0 saturated carbocycles. The van der Waals surface area contributed by atoms with Crippen LogP contribution in [0.5, 0.6) is 0 Å². The highest BCUT2D eigenvalue weighted by molar-refractivity contribution is 8.01. The van der Waals surface area contributed by atoms with Crippen LogP contribution in [0.15, 0.2) is 0 Å². The van der Waals surface area contributed by atoms with Gasteiger partial charge in [-0.25, -0.2) is 0 Å². The normalized spacial score (nSPS) is 35.6. The second-order valence-corrected chi connectivity index (χ2v) is 4.95. The van der Waals surface area contributed by atoms with Crippen LogP contribution < -0.4 is 5.32 Å². The first-order chi connectivity index (χ1) is 3.60. The topological polar surface area (TPSA) is 12.0 Å². The van der Waals surface area contributed by atoms with Crippen molar-refractivity contribution in [3.8, 4) is 0 Å². The van der Waals surface area contributed by atoms with Gasteiger partial charge >= 0.3 is 0 Å². The Morgan fingerprint density at radius 2 is 2.25 bits per heavy atom. The molecule has 1 heterocycles. The first-order valence-electron chi connectivity index (χ1n) is 3.01. The minimum absolute atomic E-state index is 0.472. The number of rotatable bonds is 0. The van der Waals surface area contributed by atoms with Gasteiger partial charge in [0.15, 0.2) is 0 Å². The van der Waals surface area contributed by atoms with Gasteiger partial charge in [0.2, 0.25) is 0 Å². The second-order valence-electron chi connectivity index (χ2n) is 2.90. The molecule has 8 heavy (non-hydrogen) atoms. The summed E-state index contributed by atoms with van der Waals surface area (Å²) in [5.74, 6) is 0. The van der Waals surface area contributed by atoms with Crippen molar-refractivity contribution in [2.24, 2.45) is 0 Å². The smallest absolute Gasteiger partial charge is 0.0509 e. The summed E-state index contributed by atoms with van der Waals surface area (Å²) in [6.07, 6.45) is 0. The van der Waals surface area contributed by atoms with Crippen LogP contribution in [0.3, 0.4) is 0 Å². The van der Waals surface area contributed by atoms with Crippen molar-refractivity contribution in [3.63, 3.8) is 0 Å². The lowest BCUT2D eigenvalue weighted by molar-refractivity contribution is 0.639. The van der Waals surface area contributed by atoms with E-state index in [0.29, 0.717) is 10.1 Å². The molecule has 1 rings (SSSR count). The quantitative estimate of drug-likeness (QED) is 0.534. The van der Waals surface area contributed by atoms with E-state index in [4.69, 9.17) is 0 Å². The fourth-order valence-corrected chi connectivity index (χ4v) is 2.24. The van der Waals surface area contributed by atoms with Gasteiger partial charge in [-0.05, 0) is 20.8 Å². The molecule has 1 N–H and O–H groups in total. The van der Waals surface area contributed by atoms with Crippen molar-refractivity contribution in [1.29, 1.82) is 0 Å². The molecule has 1 nitrogen and oxygen atoms in total. The Hall–Kier alpha value is 0.310. The Labute approximate surface area is 55.2 Å². The van der Waals surface area contributed by atoms with Gasteiger partial charge in [0.1, 0.15) is 0 Å². The third-order valence-corrected chi connectivity index (χ3v) is 2.61. The standard InChI is InChI=1S/C6H13NS/c1-5-7-4-6(2,3)8-5/h5,7H,4H2,1-3H3. The molecule has 1 unspecified atom stereocenters. The predicted octanol–water partition coefficient (Wildman–Crippen LogP) is 1.45. The van der Waals surface area contributed by atoms with E-state index in [0.717, 1.165) is 6.54 Å². The molecule has 0 bridgehead atoms. The SMILES string of the molecule is CC1NCC(C)(C)S1. The maximum Gasteiger partial charge on any atom is 0.0509 e. The van der Waals surface area contributed by atoms with Gasteiger partial charge in [-0.2, -0.15) is 0 Å². The molecule has 0 aliphatic carbocycles. The molecule has 0 aromatic carbocycles. The molecule has 48 valence electrons. The van der Waals surface area contributed by atoms with Crippen LogP contribution in [0.2, 0.25) is 0 Å². The average molecular weight is 131 g/mol. The van der Waals surface area contributed by atoms with E-state index in [-0.39, 0.29) is 0 Å². The summed E-state index contributed by atoms with van der Waals surface area (Å²) < 4.78 is 0.472. The lowest BCUT2D eigenvalue weighted by Crippen LogP contribution is -2.22. The minimum atomic E-state index is 0.472. The van der Waals surface area contributed by atoms with Crippen LogP contribution in [-0.2, 0) is 0 Å². The molecule has 1 fully saturated rings. The lowest BCUT2D eigenvalue weighted by Gasteiger charge is -2.12. The van der Waals surface area contributed by atoms with Gasteiger partial charge in [0.25, 0.3) is 0 Å². The predicted molar refractivity (Wildman–Crippen MR) is 39.1 cm³/mol. The van der Waals surface area contributed by atoms with Gasteiger partial charge in [-0.15, -0.1) is 11.8 Å². The molecule has 0 aromatic rings. The average Bonchev–Trinajstić information content (AvgIpc) is 1.82. The zero-order chi connectivity index (χ0) is 6.20. The Morgan fingerprint density at radius 1 is 1.62 bits per heavy atom. The van der Waals surface area contributed by atoms with Crippen LogP contribution in [0.4, 0.5) is 0 Å². The third kappa shape index (κ3) is 1.39. The fraction of sp³-hybridized carbons (Fsp3) is 1.00. The van der Waals surface area contributed by atoms with Crippen LogP contribution in [0.1, 0.15) is 20.8 Å². The van der Waals surface area contributed by atoms with Crippen molar-refractivity contribution in [3.05, 3.63) is 0 Å². The third-order valence-electron chi connectivity index (χ3n) is 1.31. The molecule has 0 spiro atoms. The molecule has 1 saturated heterocycles. The number of hydrogen-bond acceptors (Lipinski definition) is 2. The second kappa shape index (κ2) is 1.92. The van der Waals surface area contributed by atoms with Gasteiger partial charge in [0, 0.05) is 11.3 Å². The zero-order valence-corrected chi connectivity index (χ0v) is 6.51. The monoisotopic (exact) mass is 131 g/mol. The number of nitrogens with one attached hydrogen (secondary N) is 1. The van der Waals surface area contributed by atoms with Crippen molar-refractivity contribution in [1.82, 2.24) is 5.32 Å². The van der Waals surface area contributed by atoms with Crippen molar-refractivity contribution in [2.45, 2.75) is 30.9 Å². The van der Waals surface area contributed by atoms with Crippen molar-refractivity contribution < 1.29 is 0 Å². The molecule has 1 aliphatic rings. The summed E-state index contributed by atoms with van der Waals surface area (Å²) in [5, 5.41) is 4.03. The summed E-state index contributed by atoms with van der Waals surface area (Å²) in [7, 11) is 0. The summed E-state index contributed by atoms with van der Waals surface area (Å²) >= 11 is 2.01. The molecule has 2 heteroatoms. The molecule has 0 radical (unpaired) electrons. The molecule has 1 atom stereocenters. The number of hydrogen-bond donors (Lipinski definition) is 1. The fourth-order valence-electron chi connectivity index (χ4n) is 0.951. The van der Waals surface area contributed by atoms with Gasteiger partial charge in [-0.1, -0.05) is 0 Å². The molecule has 1 aliphatic heterocycles. The largest absolute Gasteiger partial charge is 0.304 e. The number of thioether (sulfide) groups is 1. The highest BCUT2D eigenvalue weighted by atomic mass is 32.2. The van der Waals surface area contributed by atoms with E-state index >= 15 is 0 Å².